The van der Waals surface area contributed by atoms with Crippen molar-refractivity contribution in [1.29, 1.82) is 0 Å². The predicted molar refractivity (Wildman–Crippen MR) is 95.3 cm³/mol. The van der Waals surface area contributed by atoms with E-state index in [1.807, 2.05) is 23.1 Å². The first kappa shape index (κ1) is 16.6. The maximum atomic E-state index is 9.27. The van der Waals surface area contributed by atoms with E-state index >= 15 is 0 Å². The zero-order valence-corrected chi connectivity index (χ0v) is 14.0. The van der Waals surface area contributed by atoms with Crippen LogP contribution in [0, 0.1) is 0 Å². The molecule has 7 nitrogen and oxygen atoms in total. The van der Waals surface area contributed by atoms with Crippen LogP contribution in [0.4, 0.5) is 5.69 Å². The van der Waals surface area contributed by atoms with Gasteiger partial charge in [0.2, 0.25) is 11.9 Å². The van der Waals surface area contributed by atoms with E-state index in [-0.39, 0.29) is 12.6 Å². The second-order valence-corrected chi connectivity index (χ2v) is 6.33. The fourth-order valence-corrected chi connectivity index (χ4v) is 3.66. The van der Waals surface area contributed by atoms with Crippen LogP contribution in [-0.2, 0) is 6.42 Å². The molecule has 1 aromatic carbocycles. The maximum Gasteiger partial charge on any atom is 0.220 e. The fraction of sp³-hybridized carbons (Fsp3) is 0.529. The second-order valence-electron chi connectivity index (χ2n) is 6.33. The molecule has 24 heavy (non-hydrogen) atoms. The topological polar surface area (TPSA) is 109 Å². The van der Waals surface area contributed by atoms with Crippen molar-refractivity contribution in [2.24, 2.45) is 21.5 Å². The number of benzene rings is 1. The van der Waals surface area contributed by atoms with Crippen LogP contribution in [-0.4, -0.2) is 36.4 Å². The lowest BCUT2D eigenvalue weighted by Crippen LogP contribution is -2.58. The average Bonchev–Trinajstić information content (AvgIpc) is 2.54. The number of guanidine groups is 2. The largest absolute Gasteiger partial charge is 0.497 e. The van der Waals surface area contributed by atoms with Crippen molar-refractivity contribution in [3.63, 3.8) is 0 Å². The van der Waals surface area contributed by atoms with Gasteiger partial charge in [0.05, 0.1) is 12.8 Å². The summed E-state index contributed by atoms with van der Waals surface area (Å²) in [6, 6.07) is 5.85. The lowest BCUT2D eigenvalue weighted by Gasteiger charge is -2.45. The Hall–Kier alpha value is -2.28. The van der Waals surface area contributed by atoms with Crippen LogP contribution < -0.4 is 21.1 Å². The number of anilines is 1. The van der Waals surface area contributed by atoms with Gasteiger partial charge < -0.3 is 21.3 Å². The molecule has 1 fully saturated rings. The van der Waals surface area contributed by atoms with E-state index in [2.05, 4.69) is 9.98 Å². The molecule has 5 N–H and O–H groups in total. The summed E-state index contributed by atoms with van der Waals surface area (Å²) in [5.41, 5.74) is 13.5. The monoisotopic (exact) mass is 331 g/mol. The van der Waals surface area contributed by atoms with E-state index < -0.39 is 5.66 Å². The summed E-state index contributed by atoms with van der Waals surface area (Å²) in [7, 11) is 1.63. The minimum atomic E-state index is -0.475. The standard InChI is InChI=1S/C17H25N5O2/c1-24-14-10-12(5-8-23)9-13(11-14)22-16(19)20-15(18)21-17(22)6-3-2-4-7-17/h9-11,23H,2-8H2,1H3,(H4,18,19,20,21). The van der Waals surface area contributed by atoms with Gasteiger partial charge in [0, 0.05) is 12.7 Å². The van der Waals surface area contributed by atoms with Gasteiger partial charge >= 0.3 is 0 Å². The molecule has 3 rings (SSSR count). The smallest absolute Gasteiger partial charge is 0.220 e. The lowest BCUT2D eigenvalue weighted by molar-refractivity contribution is 0.299. The zero-order valence-electron chi connectivity index (χ0n) is 14.0. The van der Waals surface area contributed by atoms with Gasteiger partial charge in [-0.3, -0.25) is 4.90 Å². The van der Waals surface area contributed by atoms with Crippen molar-refractivity contribution >= 4 is 17.6 Å². The molecular weight excluding hydrogens is 306 g/mol. The number of nitrogens with zero attached hydrogens (tertiary/aromatic N) is 3. The van der Waals surface area contributed by atoms with Crippen molar-refractivity contribution < 1.29 is 9.84 Å². The van der Waals surface area contributed by atoms with Gasteiger partial charge in [-0.15, -0.1) is 0 Å². The maximum absolute atomic E-state index is 9.27. The summed E-state index contributed by atoms with van der Waals surface area (Å²) >= 11 is 0. The Bertz CT molecular complexity index is 665. The number of hydrogen-bond acceptors (Lipinski definition) is 7. The molecule has 7 heteroatoms. The Morgan fingerprint density at radius 1 is 1.21 bits per heavy atom. The molecule has 1 spiro atoms. The first-order chi connectivity index (χ1) is 11.6. The first-order valence-corrected chi connectivity index (χ1v) is 8.36. The van der Waals surface area contributed by atoms with Crippen LogP contribution in [0.25, 0.3) is 0 Å². The van der Waals surface area contributed by atoms with Crippen LogP contribution >= 0.6 is 0 Å². The van der Waals surface area contributed by atoms with E-state index in [0.29, 0.717) is 12.4 Å². The minimum Gasteiger partial charge on any atom is -0.497 e. The van der Waals surface area contributed by atoms with E-state index in [1.165, 1.54) is 6.42 Å². The van der Waals surface area contributed by atoms with E-state index in [0.717, 1.165) is 42.7 Å². The van der Waals surface area contributed by atoms with Crippen LogP contribution in [0.5, 0.6) is 5.75 Å². The van der Waals surface area contributed by atoms with Crippen LogP contribution in [0.15, 0.2) is 28.2 Å². The zero-order chi connectivity index (χ0) is 17.2. The number of aliphatic imine (C=N–C) groups is 2. The summed E-state index contributed by atoms with van der Waals surface area (Å²) < 4.78 is 5.42. The van der Waals surface area contributed by atoms with E-state index in [4.69, 9.17) is 16.2 Å². The van der Waals surface area contributed by atoms with Gasteiger partial charge in [0.15, 0.2) is 0 Å². The molecule has 0 saturated heterocycles. The van der Waals surface area contributed by atoms with E-state index in [1.54, 1.807) is 7.11 Å². The fourth-order valence-electron chi connectivity index (χ4n) is 3.66. The number of aliphatic hydroxyl groups is 1. The molecule has 1 heterocycles. The van der Waals surface area contributed by atoms with Crippen molar-refractivity contribution in [2.45, 2.75) is 44.2 Å². The Labute approximate surface area is 142 Å². The van der Waals surface area contributed by atoms with Gasteiger partial charge in [-0.1, -0.05) is 6.42 Å². The Morgan fingerprint density at radius 3 is 2.62 bits per heavy atom. The third-order valence-corrected chi connectivity index (χ3v) is 4.70. The average molecular weight is 331 g/mol. The quantitative estimate of drug-likeness (QED) is 0.771. The summed E-state index contributed by atoms with van der Waals surface area (Å²) in [4.78, 5) is 10.8. The van der Waals surface area contributed by atoms with Gasteiger partial charge in [0.25, 0.3) is 0 Å². The lowest BCUT2D eigenvalue weighted by atomic mass is 9.87. The van der Waals surface area contributed by atoms with Crippen LogP contribution in [0.1, 0.15) is 37.7 Å². The molecule has 1 saturated carbocycles. The first-order valence-electron chi connectivity index (χ1n) is 8.36. The highest BCUT2D eigenvalue weighted by molar-refractivity contribution is 6.05. The minimum absolute atomic E-state index is 0.0758. The molecule has 0 aromatic heterocycles. The Morgan fingerprint density at radius 2 is 1.96 bits per heavy atom. The van der Waals surface area contributed by atoms with Gasteiger partial charge in [-0.25, -0.2) is 4.99 Å². The number of aliphatic hydroxyl groups excluding tert-OH is 1. The number of hydrogen-bond donors (Lipinski definition) is 3. The summed E-state index contributed by atoms with van der Waals surface area (Å²) in [5.74, 6) is 1.31. The predicted octanol–water partition coefficient (Wildman–Crippen LogP) is 1.34. The molecule has 130 valence electrons. The van der Waals surface area contributed by atoms with Crippen molar-refractivity contribution in [1.82, 2.24) is 0 Å². The van der Waals surface area contributed by atoms with Gasteiger partial charge in [-0.05, 0) is 49.8 Å². The third kappa shape index (κ3) is 3.03. The molecule has 1 aromatic rings. The second kappa shape index (κ2) is 6.68. The summed E-state index contributed by atoms with van der Waals surface area (Å²) in [6.07, 6.45) is 5.67. The molecular formula is C17H25N5O2. The van der Waals surface area contributed by atoms with Gasteiger partial charge in [0.1, 0.15) is 11.4 Å². The summed E-state index contributed by atoms with van der Waals surface area (Å²) in [5, 5.41) is 9.27. The molecule has 0 unspecified atom stereocenters. The highest BCUT2D eigenvalue weighted by Gasteiger charge is 2.42. The molecule has 0 atom stereocenters. The van der Waals surface area contributed by atoms with E-state index in [9.17, 15) is 5.11 Å². The highest BCUT2D eigenvalue weighted by Crippen LogP contribution is 2.40. The van der Waals surface area contributed by atoms with Crippen molar-refractivity contribution in [3.8, 4) is 5.75 Å². The van der Waals surface area contributed by atoms with Crippen molar-refractivity contribution in [2.75, 3.05) is 18.6 Å². The molecule has 0 amide bonds. The molecule has 2 aliphatic rings. The summed E-state index contributed by atoms with van der Waals surface area (Å²) in [6.45, 7) is 0.0758. The molecule has 0 bridgehead atoms. The van der Waals surface area contributed by atoms with Crippen LogP contribution in [0.2, 0.25) is 0 Å². The molecule has 0 radical (unpaired) electrons. The Kier molecular flexibility index (Phi) is 4.62. The highest BCUT2D eigenvalue weighted by atomic mass is 16.5. The van der Waals surface area contributed by atoms with Gasteiger partial charge in [-0.2, -0.15) is 4.99 Å². The Balaban J connectivity index is 2.08. The molecule has 1 aliphatic heterocycles. The number of ether oxygens (including phenoxy) is 1. The number of rotatable bonds is 4. The third-order valence-electron chi connectivity index (χ3n) is 4.70. The van der Waals surface area contributed by atoms with Crippen molar-refractivity contribution in [3.05, 3.63) is 23.8 Å². The number of methoxy groups -OCH3 is 1. The SMILES string of the molecule is COc1cc(CCO)cc(N2C(N)=NC(N)=NC23CCCCC3)c1. The van der Waals surface area contributed by atoms with Crippen LogP contribution in [0.3, 0.4) is 0 Å². The normalized spacial score (nSPS) is 19.8. The number of nitrogens with two attached hydrogens (primary N) is 2. The molecule has 1 aliphatic carbocycles.